The van der Waals surface area contributed by atoms with Gasteiger partial charge in [-0.2, -0.15) is 0 Å². The smallest absolute Gasteiger partial charge is 0.241 e. The highest BCUT2D eigenvalue weighted by Crippen LogP contribution is 2.27. The number of nitrogens with one attached hydrogen (secondary N) is 1. The molecule has 0 fully saturated rings. The third-order valence-electron chi connectivity index (χ3n) is 3.28. The summed E-state index contributed by atoms with van der Waals surface area (Å²) in [5, 5.41) is 8.94. The predicted octanol–water partition coefficient (Wildman–Crippen LogP) is 1.10. The summed E-state index contributed by atoms with van der Waals surface area (Å²) in [7, 11) is -3.61. The fourth-order valence-electron chi connectivity index (χ4n) is 1.83. The Hall–Kier alpha value is -1.11. The summed E-state index contributed by atoms with van der Waals surface area (Å²) in [6, 6.07) is 1.78. The molecule has 0 saturated carbocycles. The Labute approximate surface area is 114 Å². The second-order valence-electron chi connectivity index (χ2n) is 5.00. The van der Waals surface area contributed by atoms with E-state index in [9.17, 15) is 8.42 Å². The largest absolute Gasteiger partial charge is 0.398 e. The van der Waals surface area contributed by atoms with Crippen LogP contribution >= 0.6 is 0 Å². The van der Waals surface area contributed by atoms with Gasteiger partial charge in [-0.3, -0.25) is 0 Å². The molecule has 1 unspecified atom stereocenters. The first kappa shape index (κ1) is 15.9. The summed E-state index contributed by atoms with van der Waals surface area (Å²) in [6.45, 7) is 7.22. The zero-order valence-corrected chi connectivity index (χ0v) is 12.6. The Balaban J connectivity index is 3.22. The SMILES string of the molecule is Cc1cc(N)c(C)c(S(=O)(=O)NCC(C)CO)c1C. The van der Waals surface area contributed by atoms with Crippen LogP contribution in [-0.4, -0.2) is 26.7 Å². The van der Waals surface area contributed by atoms with Gasteiger partial charge in [0.05, 0.1) is 4.90 Å². The Kier molecular flexibility index (Phi) is 4.95. The van der Waals surface area contributed by atoms with Crippen LogP contribution < -0.4 is 10.5 Å². The average molecular weight is 286 g/mol. The van der Waals surface area contributed by atoms with Crippen molar-refractivity contribution in [3.8, 4) is 0 Å². The number of anilines is 1. The second kappa shape index (κ2) is 5.90. The van der Waals surface area contributed by atoms with Gasteiger partial charge in [0.15, 0.2) is 0 Å². The maximum Gasteiger partial charge on any atom is 0.241 e. The van der Waals surface area contributed by atoms with E-state index in [2.05, 4.69) is 4.72 Å². The molecular formula is C13H22N2O3S. The first-order chi connectivity index (χ1) is 8.70. The van der Waals surface area contributed by atoms with Gasteiger partial charge in [0.25, 0.3) is 0 Å². The van der Waals surface area contributed by atoms with E-state index in [-0.39, 0.29) is 24.0 Å². The van der Waals surface area contributed by atoms with Gasteiger partial charge in [-0.25, -0.2) is 13.1 Å². The molecule has 6 heteroatoms. The molecule has 4 N–H and O–H groups in total. The molecule has 5 nitrogen and oxygen atoms in total. The molecule has 0 aliphatic carbocycles. The van der Waals surface area contributed by atoms with Gasteiger partial charge in [-0.15, -0.1) is 0 Å². The molecule has 0 aliphatic heterocycles. The molecule has 19 heavy (non-hydrogen) atoms. The van der Waals surface area contributed by atoms with E-state index in [1.165, 1.54) is 0 Å². The average Bonchev–Trinajstić information content (AvgIpc) is 2.33. The summed E-state index contributed by atoms with van der Waals surface area (Å²) in [5.74, 6) is -0.127. The summed E-state index contributed by atoms with van der Waals surface area (Å²) in [4.78, 5) is 0.245. The molecule has 0 spiro atoms. The van der Waals surface area contributed by atoms with Crippen molar-refractivity contribution in [1.29, 1.82) is 0 Å². The van der Waals surface area contributed by atoms with Gasteiger partial charge >= 0.3 is 0 Å². The van der Waals surface area contributed by atoms with E-state index < -0.39 is 10.0 Å². The minimum atomic E-state index is -3.61. The fraction of sp³-hybridized carbons (Fsp3) is 0.538. The van der Waals surface area contributed by atoms with Crippen LogP contribution in [0.5, 0.6) is 0 Å². The first-order valence-corrected chi connectivity index (χ1v) is 7.65. The van der Waals surface area contributed by atoms with Crippen LogP contribution in [0.25, 0.3) is 0 Å². The molecule has 0 aliphatic rings. The predicted molar refractivity (Wildman–Crippen MR) is 76.5 cm³/mol. The topological polar surface area (TPSA) is 92.4 Å². The third kappa shape index (κ3) is 3.46. The van der Waals surface area contributed by atoms with Crippen LogP contribution in [0.1, 0.15) is 23.6 Å². The van der Waals surface area contributed by atoms with Gasteiger partial charge < -0.3 is 10.8 Å². The number of rotatable bonds is 5. The van der Waals surface area contributed by atoms with Crippen LogP contribution in [0.15, 0.2) is 11.0 Å². The summed E-state index contributed by atoms with van der Waals surface area (Å²) >= 11 is 0. The second-order valence-corrected chi connectivity index (χ2v) is 6.71. The summed E-state index contributed by atoms with van der Waals surface area (Å²) in [6.07, 6.45) is 0. The van der Waals surface area contributed by atoms with Crippen molar-refractivity contribution >= 4 is 15.7 Å². The molecule has 0 bridgehead atoms. The summed E-state index contributed by atoms with van der Waals surface area (Å²) in [5.41, 5.74) is 8.42. The van der Waals surface area contributed by atoms with Gasteiger partial charge in [0.2, 0.25) is 10.0 Å². The van der Waals surface area contributed by atoms with Crippen LogP contribution in [0.4, 0.5) is 5.69 Å². The van der Waals surface area contributed by atoms with Crippen LogP contribution in [0.3, 0.4) is 0 Å². The quantitative estimate of drug-likeness (QED) is 0.707. The van der Waals surface area contributed by atoms with Crippen molar-refractivity contribution < 1.29 is 13.5 Å². The van der Waals surface area contributed by atoms with Crippen molar-refractivity contribution in [3.63, 3.8) is 0 Å². The van der Waals surface area contributed by atoms with Crippen LogP contribution in [0, 0.1) is 26.7 Å². The molecule has 1 rings (SSSR count). The van der Waals surface area contributed by atoms with Gasteiger partial charge in [-0.05, 0) is 49.4 Å². The maximum atomic E-state index is 12.4. The number of benzene rings is 1. The van der Waals surface area contributed by atoms with Gasteiger partial charge in [-0.1, -0.05) is 6.92 Å². The number of sulfonamides is 1. The van der Waals surface area contributed by atoms with Crippen molar-refractivity contribution in [3.05, 3.63) is 22.8 Å². The lowest BCUT2D eigenvalue weighted by molar-refractivity contribution is 0.238. The number of nitrogens with two attached hydrogens (primary N) is 1. The monoisotopic (exact) mass is 286 g/mol. The Bertz CT molecular complexity index is 541. The van der Waals surface area contributed by atoms with E-state index in [0.717, 1.165) is 5.56 Å². The molecule has 1 atom stereocenters. The standard InChI is InChI=1S/C13H22N2O3S/c1-8(7-16)6-15-19(17,18)13-10(3)9(2)5-12(14)11(13)4/h5,8,15-16H,6-7,14H2,1-4H3. The number of nitrogen functional groups attached to an aromatic ring is 1. The van der Waals surface area contributed by atoms with E-state index in [1.54, 1.807) is 26.8 Å². The minimum absolute atomic E-state index is 0.0591. The Morgan fingerprint density at radius 2 is 1.89 bits per heavy atom. The number of aryl methyl sites for hydroxylation is 1. The molecule has 1 aromatic carbocycles. The molecule has 0 aromatic heterocycles. The Morgan fingerprint density at radius 3 is 2.42 bits per heavy atom. The molecule has 0 amide bonds. The molecule has 0 heterocycles. The minimum Gasteiger partial charge on any atom is -0.398 e. The number of hydrogen-bond donors (Lipinski definition) is 3. The normalized spacial score (nSPS) is 13.5. The van der Waals surface area contributed by atoms with Crippen LogP contribution in [-0.2, 0) is 10.0 Å². The highest BCUT2D eigenvalue weighted by atomic mass is 32.2. The number of hydrogen-bond acceptors (Lipinski definition) is 4. The van der Waals surface area contributed by atoms with E-state index in [4.69, 9.17) is 10.8 Å². The molecule has 0 radical (unpaired) electrons. The zero-order valence-electron chi connectivity index (χ0n) is 11.8. The molecule has 1 aromatic rings. The van der Waals surface area contributed by atoms with E-state index >= 15 is 0 Å². The lowest BCUT2D eigenvalue weighted by Crippen LogP contribution is -2.31. The highest BCUT2D eigenvalue weighted by Gasteiger charge is 2.22. The van der Waals surface area contributed by atoms with Crippen molar-refractivity contribution in [2.75, 3.05) is 18.9 Å². The number of aliphatic hydroxyl groups excluding tert-OH is 1. The highest BCUT2D eigenvalue weighted by molar-refractivity contribution is 7.89. The van der Waals surface area contributed by atoms with Crippen molar-refractivity contribution in [2.45, 2.75) is 32.6 Å². The molecule has 0 saturated heterocycles. The molecule has 108 valence electrons. The lowest BCUT2D eigenvalue weighted by atomic mass is 10.1. The summed E-state index contributed by atoms with van der Waals surface area (Å²) < 4.78 is 27.2. The lowest BCUT2D eigenvalue weighted by Gasteiger charge is -2.17. The van der Waals surface area contributed by atoms with Gasteiger partial charge in [0, 0.05) is 18.8 Å². The third-order valence-corrected chi connectivity index (χ3v) is 4.98. The molecular weight excluding hydrogens is 264 g/mol. The first-order valence-electron chi connectivity index (χ1n) is 6.17. The number of aliphatic hydroxyl groups is 1. The van der Waals surface area contributed by atoms with Gasteiger partial charge in [0.1, 0.15) is 0 Å². The Morgan fingerprint density at radius 1 is 1.32 bits per heavy atom. The van der Waals surface area contributed by atoms with E-state index in [0.29, 0.717) is 16.8 Å². The van der Waals surface area contributed by atoms with Crippen molar-refractivity contribution in [2.24, 2.45) is 5.92 Å². The maximum absolute atomic E-state index is 12.4. The fourth-order valence-corrected chi connectivity index (χ4v) is 3.57. The van der Waals surface area contributed by atoms with Crippen molar-refractivity contribution in [1.82, 2.24) is 4.72 Å². The zero-order chi connectivity index (χ0) is 14.8. The van der Waals surface area contributed by atoms with Crippen LogP contribution in [0.2, 0.25) is 0 Å². The van der Waals surface area contributed by atoms with E-state index in [1.807, 2.05) is 6.92 Å².